The molecule has 0 radical (unpaired) electrons. The lowest BCUT2D eigenvalue weighted by Gasteiger charge is -2.20. The van der Waals surface area contributed by atoms with E-state index in [4.69, 9.17) is 5.11 Å². The topological polar surface area (TPSA) is 86.7 Å². The zero-order valence-electron chi connectivity index (χ0n) is 10.6. The van der Waals surface area contributed by atoms with Crippen molar-refractivity contribution in [3.05, 3.63) is 29.8 Å². The van der Waals surface area contributed by atoms with Crippen molar-refractivity contribution in [2.24, 2.45) is 0 Å². The highest BCUT2D eigenvalue weighted by atomic mass is 16.4. The van der Waals surface area contributed by atoms with Gasteiger partial charge in [-0.1, -0.05) is 19.1 Å². The lowest BCUT2D eigenvalue weighted by Crippen LogP contribution is -2.43. The molecule has 0 saturated carbocycles. The quantitative estimate of drug-likeness (QED) is 0.810. The number of benzene rings is 1. The molecule has 1 atom stereocenters. The summed E-state index contributed by atoms with van der Waals surface area (Å²) in [6.45, 7) is 3.40. The number of carboxylic acid groups (broad SMARTS) is 1. The second-order valence-electron chi connectivity index (χ2n) is 4.58. The van der Waals surface area contributed by atoms with Gasteiger partial charge in [0.25, 0.3) is 5.91 Å². The van der Waals surface area contributed by atoms with Crippen LogP contribution in [-0.2, 0) is 4.79 Å². The minimum absolute atomic E-state index is 0.0775. The van der Waals surface area contributed by atoms with Crippen LogP contribution >= 0.6 is 0 Å². The summed E-state index contributed by atoms with van der Waals surface area (Å²) in [7, 11) is 0. The van der Waals surface area contributed by atoms with Crippen LogP contribution < -0.4 is 10.2 Å². The second kappa shape index (κ2) is 4.38. The number of aromatic carboxylic acids is 1. The molecule has 1 aromatic carbocycles. The van der Waals surface area contributed by atoms with Crippen molar-refractivity contribution in [2.75, 3.05) is 4.90 Å². The molecule has 1 heterocycles. The van der Waals surface area contributed by atoms with Gasteiger partial charge in [-0.3, -0.25) is 4.79 Å². The third kappa shape index (κ3) is 1.95. The molecule has 0 spiro atoms. The number of imide groups is 1. The summed E-state index contributed by atoms with van der Waals surface area (Å²) >= 11 is 0. The van der Waals surface area contributed by atoms with Crippen molar-refractivity contribution in [2.45, 2.75) is 25.8 Å². The van der Waals surface area contributed by atoms with Gasteiger partial charge in [0, 0.05) is 0 Å². The van der Waals surface area contributed by atoms with Crippen LogP contribution in [0.5, 0.6) is 0 Å². The number of amides is 3. The Morgan fingerprint density at radius 1 is 1.37 bits per heavy atom. The first-order valence-corrected chi connectivity index (χ1v) is 5.89. The maximum absolute atomic E-state index is 12.3. The highest BCUT2D eigenvalue weighted by Gasteiger charge is 2.47. The van der Waals surface area contributed by atoms with E-state index in [2.05, 4.69) is 5.32 Å². The summed E-state index contributed by atoms with van der Waals surface area (Å²) in [5.74, 6) is -1.62. The van der Waals surface area contributed by atoms with Gasteiger partial charge in [-0.05, 0) is 25.5 Å². The van der Waals surface area contributed by atoms with Gasteiger partial charge in [0.15, 0.2) is 0 Å². The van der Waals surface area contributed by atoms with Crippen molar-refractivity contribution in [3.8, 4) is 0 Å². The average Bonchev–Trinajstić information content (AvgIpc) is 2.60. The zero-order valence-corrected chi connectivity index (χ0v) is 10.6. The fraction of sp³-hybridized carbons (Fsp3) is 0.308. The second-order valence-corrected chi connectivity index (χ2v) is 4.58. The lowest BCUT2D eigenvalue weighted by molar-refractivity contribution is -0.121. The van der Waals surface area contributed by atoms with Crippen LogP contribution in [0.4, 0.5) is 10.5 Å². The first-order valence-electron chi connectivity index (χ1n) is 5.89. The molecule has 1 aliphatic heterocycles. The minimum Gasteiger partial charge on any atom is -0.478 e. The molecular formula is C13H14N2O4. The molecule has 2 rings (SSSR count). The molecule has 2 N–H and O–H groups in total. The van der Waals surface area contributed by atoms with E-state index < -0.39 is 23.4 Å². The van der Waals surface area contributed by atoms with E-state index in [0.717, 1.165) is 4.90 Å². The third-order valence-corrected chi connectivity index (χ3v) is 3.34. The van der Waals surface area contributed by atoms with Crippen LogP contribution in [0.15, 0.2) is 24.3 Å². The fourth-order valence-corrected chi connectivity index (χ4v) is 1.99. The van der Waals surface area contributed by atoms with E-state index in [1.54, 1.807) is 26.0 Å². The molecule has 1 aliphatic rings. The van der Waals surface area contributed by atoms with Gasteiger partial charge in [0.05, 0.1) is 11.3 Å². The van der Waals surface area contributed by atoms with Crippen LogP contribution in [0.25, 0.3) is 0 Å². The number of hydrogen-bond acceptors (Lipinski definition) is 3. The zero-order chi connectivity index (χ0) is 14.2. The molecule has 1 aromatic rings. The Hall–Kier alpha value is -2.37. The van der Waals surface area contributed by atoms with E-state index in [1.165, 1.54) is 12.1 Å². The number of carboxylic acids is 1. The van der Waals surface area contributed by atoms with Gasteiger partial charge >= 0.3 is 12.0 Å². The number of rotatable bonds is 3. The summed E-state index contributed by atoms with van der Waals surface area (Å²) in [4.78, 5) is 36.3. The molecule has 6 nitrogen and oxygen atoms in total. The fourth-order valence-electron chi connectivity index (χ4n) is 1.99. The largest absolute Gasteiger partial charge is 0.478 e. The molecule has 0 aliphatic carbocycles. The molecule has 0 bridgehead atoms. The van der Waals surface area contributed by atoms with E-state index in [-0.39, 0.29) is 11.3 Å². The highest BCUT2D eigenvalue weighted by Crippen LogP contribution is 2.29. The maximum atomic E-state index is 12.3. The van der Waals surface area contributed by atoms with E-state index in [1.807, 2.05) is 0 Å². The summed E-state index contributed by atoms with van der Waals surface area (Å²) < 4.78 is 0. The van der Waals surface area contributed by atoms with Crippen LogP contribution in [-0.4, -0.2) is 28.6 Å². The van der Waals surface area contributed by atoms with E-state index >= 15 is 0 Å². The standard InChI is InChI=1S/C13H14N2O4/c1-3-13(2)11(18)15(12(19)14-13)9-7-5-4-6-8(9)10(16)17/h4-7H,3H2,1-2H3,(H,14,19)(H,16,17). The Kier molecular flexibility index (Phi) is 3.01. The summed E-state index contributed by atoms with van der Waals surface area (Å²) in [5, 5.41) is 11.7. The van der Waals surface area contributed by atoms with E-state index in [0.29, 0.717) is 6.42 Å². The van der Waals surface area contributed by atoms with E-state index in [9.17, 15) is 14.4 Å². The SMILES string of the molecule is CCC1(C)NC(=O)N(c2ccccc2C(=O)O)C1=O. The Labute approximate surface area is 110 Å². The van der Waals surface area contributed by atoms with Crippen molar-refractivity contribution in [1.82, 2.24) is 5.32 Å². The number of carbonyl (C=O) groups excluding carboxylic acids is 2. The summed E-state index contributed by atoms with van der Waals surface area (Å²) in [6, 6.07) is 5.35. The van der Waals surface area contributed by atoms with Gasteiger partial charge in [0.1, 0.15) is 5.54 Å². The smallest absolute Gasteiger partial charge is 0.337 e. The first kappa shape index (κ1) is 13.1. The number of anilines is 1. The van der Waals surface area contributed by atoms with Gasteiger partial charge in [0.2, 0.25) is 0 Å². The molecule has 100 valence electrons. The van der Waals surface area contributed by atoms with Crippen LogP contribution in [0.2, 0.25) is 0 Å². The molecule has 3 amide bonds. The monoisotopic (exact) mass is 262 g/mol. The number of nitrogens with zero attached hydrogens (tertiary/aromatic N) is 1. The number of carbonyl (C=O) groups is 3. The Bertz CT molecular complexity index is 570. The average molecular weight is 262 g/mol. The van der Waals surface area contributed by atoms with Gasteiger partial charge in [-0.15, -0.1) is 0 Å². The van der Waals surface area contributed by atoms with Crippen LogP contribution in [0.1, 0.15) is 30.6 Å². The Balaban J connectivity index is 2.52. The van der Waals surface area contributed by atoms with Gasteiger partial charge in [-0.25, -0.2) is 14.5 Å². The number of urea groups is 1. The van der Waals surface area contributed by atoms with Crippen LogP contribution in [0, 0.1) is 0 Å². The molecule has 0 aromatic heterocycles. The Morgan fingerprint density at radius 2 is 2.00 bits per heavy atom. The molecular weight excluding hydrogens is 248 g/mol. The van der Waals surface area contributed by atoms with Crippen molar-refractivity contribution in [3.63, 3.8) is 0 Å². The minimum atomic E-state index is -1.18. The van der Waals surface area contributed by atoms with Crippen molar-refractivity contribution >= 4 is 23.6 Å². The number of nitrogens with one attached hydrogen (secondary N) is 1. The number of para-hydroxylation sites is 1. The molecule has 1 unspecified atom stereocenters. The van der Waals surface area contributed by atoms with Gasteiger partial charge < -0.3 is 10.4 Å². The van der Waals surface area contributed by atoms with Gasteiger partial charge in [-0.2, -0.15) is 0 Å². The third-order valence-electron chi connectivity index (χ3n) is 3.34. The molecule has 19 heavy (non-hydrogen) atoms. The Morgan fingerprint density at radius 3 is 2.53 bits per heavy atom. The van der Waals surface area contributed by atoms with Crippen LogP contribution in [0.3, 0.4) is 0 Å². The molecule has 6 heteroatoms. The summed E-state index contributed by atoms with van der Waals surface area (Å²) in [6.07, 6.45) is 0.434. The normalized spacial score (nSPS) is 22.5. The lowest BCUT2D eigenvalue weighted by atomic mass is 9.99. The van der Waals surface area contributed by atoms with Crippen molar-refractivity contribution < 1.29 is 19.5 Å². The number of hydrogen-bond donors (Lipinski definition) is 2. The predicted molar refractivity (Wildman–Crippen MR) is 68.1 cm³/mol. The first-order chi connectivity index (χ1) is 8.90. The summed E-state index contributed by atoms with van der Waals surface area (Å²) in [5.41, 5.74) is -0.969. The maximum Gasteiger partial charge on any atom is 0.337 e. The molecule has 1 saturated heterocycles. The predicted octanol–water partition coefficient (Wildman–Crippen LogP) is 1.61. The molecule has 1 fully saturated rings. The van der Waals surface area contributed by atoms with Crippen molar-refractivity contribution in [1.29, 1.82) is 0 Å². The highest BCUT2D eigenvalue weighted by molar-refractivity contribution is 6.24.